The average Bonchev–Trinajstić information content (AvgIpc) is 3.45. The largest absolute Gasteiger partial charge is 0.388 e. The van der Waals surface area contributed by atoms with Gasteiger partial charge in [0.25, 0.3) is 11.5 Å². The first-order chi connectivity index (χ1) is 15.9. The second kappa shape index (κ2) is 9.62. The van der Waals surface area contributed by atoms with Crippen LogP contribution in [0.5, 0.6) is 0 Å². The van der Waals surface area contributed by atoms with Crippen molar-refractivity contribution in [1.82, 2.24) is 24.6 Å². The first-order valence-electron chi connectivity index (χ1n) is 11.4. The van der Waals surface area contributed by atoms with E-state index in [1.807, 2.05) is 37.1 Å². The Hall–Kier alpha value is -3.39. The van der Waals surface area contributed by atoms with Crippen LogP contribution in [0.25, 0.3) is 16.9 Å². The van der Waals surface area contributed by atoms with Crippen LogP contribution in [0.15, 0.2) is 47.5 Å². The third kappa shape index (κ3) is 4.71. The molecule has 0 aliphatic carbocycles. The zero-order chi connectivity index (χ0) is 23.5. The number of pyridine rings is 1. The zero-order valence-electron chi connectivity index (χ0n) is 19.8. The van der Waals surface area contributed by atoms with Crippen molar-refractivity contribution in [1.29, 1.82) is 0 Å². The third-order valence-electron chi connectivity index (χ3n) is 6.48. The minimum Gasteiger partial charge on any atom is -0.388 e. The second-order valence-corrected chi connectivity index (χ2v) is 8.77. The lowest BCUT2D eigenvalue weighted by atomic mass is 10.0. The number of benzene rings is 1. The molecule has 1 aliphatic rings. The van der Waals surface area contributed by atoms with E-state index in [-0.39, 0.29) is 11.5 Å². The van der Waals surface area contributed by atoms with Crippen LogP contribution in [0.2, 0.25) is 0 Å². The molecule has 33 heavy (non-hydrogen) atoms. The number of carbonyl (C=O) groups excluding carboxylic acids is 1. The van der Waals surface area contributed by atoms with Crippen molar-refractivity contribution >= 4 is 11.6 Å². The maximum Gasteiger partial charge on any atom is 0.280 e. The van der Waals surface area contributed by atoms with Crippen LogP contribution in [0.4, 0.5) is 5.69 Å². The van der Waals surface area contributed by atoms with Crippen LogP contribution in [0.3, 0.4) is 0 Å². The Labute approximate surface area is 194 Å². The third-order valence-corrected chi connectivity index (χ3v) is 6.48. The van der Waals surface area contributed by atoms with E-state index in [1.165, 1.54) is 4.68 Å². The Bertz CT molecular complexity index is 1180. The number of likely N-dealkylation sites (tertiary alicyclic amines) is 1. The molecule has 1 amide bonds. The van der Waals surface area contributed by atoms with Crippen molar-refractivity contribution in [2.75, 3.05) is 45.6 Å². The fraction of sp³-hybridized carbons (Fsp3) is 0.400. The van der Waals surface area contributed by atoms with Gasteiger partial charge in [0.15, 0.2) is 5.82 Å². The average molecular weight is 449 g/mol. The molecule has 8 heteroatoms. The highest BCUT2D eigenvalue weighted by Gasteiger charge is 2.27. The molecule has 0 saturated carbocycles. The van der Waals surface area contributed by atoms with Gasteiger partial charge in [-0.25, -0.2) is 9.67 Å². The summed E-state index contributed by atoms with van der Waals surface area (Å²) in [5.74, 6) is 0.958. The molecule has 2 aromatic heterocycles. The number of hydrogen-bond donors (Lipinski definition) is 2. The van der Waals surface area contributed by atoms with Crippen LogP contribution in [-0.4, -0.2) is 70.7 Å². The van der Waals surface area contributed by atoms with E-state index in [0.29, 0.717) is 22.9 Å². The second-order valence-electron chi connectivity index (χ2n) is 8.77. The van der Waals surface area contributed by atoms with Crippen molar-refractivity contribution in [3.63, 3.8) is 0 Å². The van der Waals surface area contributed by atoms with Gasteiger partial charge in [-0.05, 0) is 68.2 Å². The normalized spacial score (nSPS) is 15.9. The Morgan fingerprint density at radius 2 is 2.09 bits per heavy atom. The van der Waals surface area contributed by atoms with E-state index < -0.39 is 0 Å². The number of carbonyl (C=O) groups is 1. The van der Waals surface area contributed by atoms with E-state index in [2.05, 4.69) is 34.3 Å². The van der Waals surface area contributed by atoms with Crippen molar-refractivity contribution in [3.05, 3.63) is 64.2 Å². The summed E-state index contributed by atoms with van der Waals surface area (Å²) in [5.41, 5.74) is 3.82. The van der Waals surface area contributed by atoms with E-state index >= 15 is 0 Å². The molecule has 0 spiro atoms. The smallest absolute Gasteiger partial charge is 0.280 e. The molecular weight excluding hydrogens is 416 g/mol. The van der Waals surface area contributed by atoms with E-state index in [9.17, 15) is 9.59 Å². The zero-order valence-corrected chi connectivity index (χ0v) is 19.8. The predicted octanol–water partition coefficient (Wildman–Crippen LogP) is 2.99. The summed E-state index contributed by atoms with van der Waals surface area (Å²) in [7, 11) is 3.98. The summed E-state index contributed by atoms with van der Waals surface area (Å²) < 4.78 is 1.40. The number of nitrogens with zero attached hydrogens (tertiary/aromatic N) is 4. The number of aromatic nitrogens is 3. The van der Waals surface area contributed by atoms with Gasteiger partial charge in [0.1, 0.15) is 0 Å². The van der Waals surface area contributed by atoms with Crippen molar-refractivity contribution in [2.45, 2.75) is 20.3 Å². The Kier molecular flexibility index (Phi) is 6.65. The van der Waals surface area contributed by atoms with Gasteiger partial charge in [-0.3, -0.25) is 14.7 Å². The number of aromatic amines is 1. The summed E-state index contributed by atoms with van der Waals surface area (Å²) in [6.07, 6.45) is 4.28. The molecule has 3 aromatic rings. The molecule has 3 heterocycles. The number of amides is 1. The number of hydrogen-bond acceptors (Lipinski definition) is 5. The van der Waals surface area contributed by atoms with Crippen LogP contribution < -0.4 is 10.9 Å². The number of anilines is 1. The van der Waals surface area contributed by atoms with Gasteiger partial charge in [0.2, 0.25) is 0 Å². The number of aryl methyl sites for hydroxylation is 1. The first kappa shape index (κ1) is 22.8. The fourth-order valence-electron chi connectivity index (χ4n) is 4.42. The van der Waals surface area contributed by atoms with Gasteiger partial charge in [-0.2, -0.15) is 0 Å². The highest BCUT2D eigenvalue weighted by molar-refractivity contribution is 5.94. The Morgan fingerprint density at radius 1 is 1.27 bits per heavy atom. The summed E-state index contributed by atoms with van der Waals surface area (Å²) >= 11 is 0. The van der Waals surface area contributed by atoms with Crippen molar-refractivity contribution in [2.24, 2.45) is 5.92 Å². The lowest BCUT2D eigenvalue weighted by molar-refractivity contribution is 0.0784. The van der Waals surface area contributed by atoms with Gasteiger partial charge >= 0.3 is 0 Å². The van der Waals surface area contributed by atoms with Gasteiger partial charge in [-0.1, -0.05) is 13.0 Å². The number of rotatable bonds is 7. The van der Waals surface area contributed by atoms with Crippen molar-refractivity contribution in [3.8, 4) is 16.9 Å². The van der Waals surface area contributed by atoms with Gasteiger partial charge in [0, 0.05) is 44.8 Å². The molecule has 1 atom stereocenters. The van der Waals surface area contributed by atoms with E-state index in [0.717, 1.165) is 49.4 Å². The summed E-state index contributed by atoms with van der Waals surface area (Å²) in [5, 5.41) is 6.11. The summed E-state index contributed by atoms with van der Waals surface area (Å²) in [4.78, 5) is 34.6. The minimum atomic E-state index is -0.177. The van der Waals surface area contributed by atoms with Gasteiger partial charge in [-0.15, -0.1) is 0 Å². The van der Waals surface area contributed by atoms with Gasteiger partial charge in [0.05, 0.1) is 11.1 Å². The highest BCUT2D eigenvalue weighted by atomic mass is 16.2. The molecule has 1 unspecified atom stereocenters. The van der Waals surface area contributed by atoms with Crippen LogP contribution >= 0.6 is 0 Å². The lowest BCUT2D eigenvalue weighted by Crippen LogP contribution is -2.31. The highest BCUT2D eigenvalue weighted by Crippen LogP contribution is 2.24. The predicted molar refractivity (Wildman–Crippen MR) is 131 cm³/mol. The SMILES string of the molecule is CCN(C)CC1CCN(C(=O)c2ccc(-n3[nH]cc(-c4ccc(NC)cc4C)c3=O)nc2)C1. The molecule has 1 saturated heterocycles. The van der Waals surface area contributed by atoms with Crippen LogP contribution in [0, 0.1) is 12.8 Å². The Balaban J connectivity index is 1.49. The molecule has 1 fully saturated rings. The molecule has 8 nitrogen and oxygen atoms in total. The quantitative estimate of drug-likeness (QED) is 0.580. The number of nitrogens with one attached hydrogen (secondary N) is 2. The molecule has 2 N–H and O–H groups in total. The Morgan fingerprint density at radius 3 is 2.76 bits per heavy atom. The number of H-pyrrole nitrogens is 1. The lowest BCUT2D eigenvalue weighted by Gasteiger charge is -2.20. The molecule has 1 aliphatic heterocycles. The first-order valence-corrected chi connectivity index (χ1v) is 11.4. The van der Waals surface area contributed by atoms with Gasteiger partial charge < -0.3 is 15.1 Å². The maximum atomic E-state index is 13.1. The molecule has 0 bridgehead atoms. The summed E-state index contributed by atoms with van der Waals surface area (Å²) in [6.45, 7) is 7.69. The molecular formula is C25H32N6O2. The maximum absolute atomic E-state index is 13.1. The molecule has 4 rings (SSSR count). The topological polar surface area (TPSA) is 86.3 Å². The minimum absolute atomic E-state index is 0.00419. The van der Waals surface area contributed by atoms with Crippen LogP contribution in [-0.2, 0) is 0 Å². The summed E-state index contributed by atoms with van der Waals surface area (Å²) in [6, 6.07) is 9.35. The standard InChI is InChI=1S/C25H32N6O2/c1-5-29(4)15-18-10-11-30(16-18)24(32)19-6-9-23(27-13-19)31-25(33)22(14-28-31)21-8-7-20(26-3)12-17(21)2/h6-9,12-14,18,26,28H,5,10-11,15-16H2,1-4H3. The van der Waals surface area contributed by atoms with Crippen LogP contribution in [0.1, 0.15) is 29.3 Å². The van der Waals surface area contributed by atoms with E-state index in [1.54, 1.807) is 24.5 Å². The van der Waals surface area contributed by atoms with E-state index in [4.69, 9.17) is 0 Å². The molecule has 174 valence electrons. The molecule has 0 radical (unpaired) electrons. The van der Waals surface area contributed by atoms with Crippen molar-refractivity contribution < 1.29 is 4.79 Å². The molecule has 1 aromatic carbocycles. The monoisotopic (exact) mass is 448 g/mol. The fourth-order valence-corrected chi connectivity index (χ4v) is 4.42.